The summed E-state index contributed by atoms with van der Waals surface area (Å²) in [6, 6.07) is 0. The maximum absolute atomic E-state index is 11.0. The topological polar surface area (TPSA) is 26.3 Å². The predicted octanol–water partition coefficient (Wildman–Crippen LogP) is 2.75. The maximum atomic E-state index is 11.0. The molecule has 0 spiro atoms. The van der Waals surface area contributed by atoms with Crippen LogP contribution in [0.1, 0.15) is 11.1 Å². The second-order valence-electron chi connectivity index (χ2n) is 2.32. The van der Waals surface area contributed by atoms with Gasteiger partial charge in [0.05, 0.1) is 16.7 Å². The molecule has 0 saturated heterocycles. The van der Waals surface area contributed by atoms with Crippen molar-refractivity contribution in [3.05, 3.63) is 19.8 Å². The van der Waals surface area contributed by atoms with E-state index in [1.165, 1.54) is 11.3 Å². The minimum Gasteiger partial charge on any atom is -0.285 e. The largest absolute Gasteiger partial charge is 0.285 e. The molecule has 12 heavy (non-hydrogen) atoms. The van der Waals surface area contributed by atoms with E-state index in [-0.39, 0.29) is 0 Å². The molecule has 0 aliphatic carbocycles. The first-order valence-corrected chi connectivity index (χ1v) is 5.97. The third-order valence-electron chi connectivity index (χ3n) is 1.61. The molecule has 2 nitrogen and oxygen atoms in total. The molecule has 66 valence electrons. The summed E-state index contributed by atoms with van der Waals surface area (Å²) >= 11 is 11.8. The molecule has 0 radical (unpaired) electrons. The highest BCUT2D eigenvalue weighted by molar-refractivity contribution is 7.79. The van der Waals surface area contributed by atoms with Gasteiger partial charge in [0.1, 0.15) is 4.34 Å². The molecule has 1 aromatic heterocycles. The third kappa shape index (κ3) is 1.42. The Morgan fingerprint density at radius 2 is 2.00 bits per heavy atom. The van der Waals surface area contributed by atoms with E-state index in [0.717, 1.165) is 11.1 Å². The van der Waals surface area contributed by atoms with Gasteiger partial charge in [0.25, 0.3) is 0 Å². The van der Waals surface area contributed by atoms with Gasteiger partial charge in [-0.25, -0.2) is 4.21 Å². The Morgan fingerprint density at radius 3 is 2.75 bits per heavy atom. The molecule has 1 aliphatic heterocycles. The van der Waals surface area contributed by atoms with Gasteiger partial charge in [0, 0.05) is 11.1 Å². The Balaban J connectivity index is 2.51. The molecule has 0 fully saturated rings. The summed E-state index contributed by atoms with van der Waals surface area (Å²) in [5.74, 6) is 0.359. The highest BCUT2D eigenvalue weighted by Gasteiger charge is 2.23. The lowest BCUT2D eigenvalue weighted by Gasteiger charge is -2.11. The van der Waals surface area contributed by atoms with Crippen molar-refractivity contribution in [2.75, 3.05) is 0 Å². The van der Waals surface area contributed by atoms with Crippen molar-refractivity contribution in [3.8, 4) is 0 Å². The molecule has 6 heteroatoms. The number of thiophene rings is 1. The quantitative estimate of drug-likeness (QED) is 0.700. The minimum absolute atomic E-state index is 0.310. The smallest absolute Gasteiger partial charge is 0.160 e. The van der Waals surface area contributed by atoms with E-state index in [4.69, 9.17) is 27.4 Å². The van der Waals surface area contributed by atoms with Crippen molar-refractivity contribution in [1.29, 1.82) is 0 Å². The van der Waals surface area contributed by atoms with E-state index >= 15 is 0 Å². The fraction of sp³-hybridized carbons (Fsp3) is 0.333. The second-order valence-corrected chi connectivity index (χ2v) is 5.67. The molecule has 1 aromatic rings. The molecule has 2 heterocycles. The molecule has 0 saturated carbocycles. The van der Waals surface area contributed by atoms with Crippen molar-refractivity contribution >= 4 is 45.6 Å². The molecule has 0 bridgehead atoms. The van der Waals surface area contributed by atoms with E-state index in [1.807, 2.05) is 0 Å². The molecule has 2 rings (SSSR count). The normalized spacial score (nSPS) is 22.3. The highest BCUT2D eigenvalue weighted by Crippen LogP contribution is 2.39. The van der Waals surface area contributed by atoms with Crippen molar-refractivity contribution in [3.63, 3.8) is 0 Å². The Labute approximate surface area is 86.1 Å². The zero-order valence-electron chi connectivity index (χ0n) is 5.80. The standard InChI is InChI=1S/C6H4Cl2O2S2/c7-5-3-1-10-12(9)2-4(3)6(8)11-5/h1-2H2. The van der Waals surface area contributed by atoms with Crippen molar-refractivity contribution in [1.82, 2.24) is 0 Å². The summed E-state index contributed by atoms with van der Waals surface area (Å²) in [6.07, 6.45) is 0. The third-order valence-corrected chi connectivity index (χ3v) is 4.29. The van der Waals surface area contributed by atoms with Crippen LogP contribution >= 0.6 is 34.5 Å². The summed E-state index contributed by atoms with van der Waals surface area (Å²) in [4.78, 5) is 0. The van der Waals surface area contributed by atoms with Crippen LogP contribution < -0.4 is 0 Å². The zero-order valence-corrected chi connectivity index (χ0v) is 8.95. The van der Waals surface area contributed by atoms with E-state index in [0.29, 0.717) is 21.0 Å². The number of hydrogen-bond donors (Lipinski definition) is 0. The molecular weight excluding hydrogens is 239 g/mol. The van der Waals surface area contributed by atoms with Crippen LogP contribution in [-0.4, -0.2) is 4.21 Å². The SMILES string of the molecule is O=S1Cc2c(Cl)sc(Cl)c2CO1. The van der Waals surface area contributed by atoms with Gasteiger partial charge in [-0.2, -0.15) is 0 Å². The zero-order chi connectivity index (χ0) is 8.72. The number of halogens is 2. The highest BCUT2D eigenvalue weighted by atomic mass is 35.5. The van der Waals surface area contributed by atoms with Crippen LogP contribution in [0.5, 0.6) is 0 Å². The lowest BCUT2D eigenvalue weighted by atomic mass is 10.2. The minimum atomic E-state index is -1.23. The van der Waals surface area contributed by atoms with Gasteiger partial charge in [-0.1, -0.05) is 23.2 Å². The molecule has 0 N–H and O–H groups in total. The van der Waals surface area contributed by atoms with Crippen molar-refractivity contribution in [2.24, 2.45) is 0 Å². The van der Waals surface area contributed by atoms with Gasteiger partial charge >= 0.3 is 0 Å². The average Bonchev–Trinajstić information content (AvgIpc) is 2.28. The summed E-state index contributed by atoms with van der Waals surface area (Å²) in [7, 11) is 0. The Kier molecular flexibility index (Phi) is 2.44. The maximum Gasteiger partial charge on any atom is 0.160 e. The Bertz CT molecular complexity index is 348. The van der Waals surface area contributed by atoms with E-state index in [2.05, 4.69) is 0 Å². The van der Waals surface area contributed by atoms with E-state index < -0.39 is 11.1 Å². The van der Waals surface area contributed by atoms with Crippen LogP contribution in [0.2, 0.25) is 8.67 Å². The van der Waals surface area contributed by atoms with Gasteiger partial charge in [-0.3, -0.25) is 4.18 Å². The average molecular weight is 243 g/mol. The van der Waals surface area contributed by atoms with Gasteiger partial charge in [0.15, 0.2) is 11.1 Å². The number of fused-ring (bicyclic) bond motifs is 1. The Hall–Kier alpha value is 0.390. The van der Waals surface area contributed by atoms with Gasteiger partial charge in [-0.05, 0) is 0 Å². The number of rotatable bonds is 0. The second kappa shape index (κ2) is 3.27. The molecule has 0 amide bonds. The molecule has 0 aromatic carbocycles. The Morgan fingerprint density at radius 1 is 1.33 bits per heavy atom. The molecule has 1 unspecified atom stereocenters. The lowest BCUT2D eigenvalue weighted by molar-refractivity contribution is 0.329. The molecule has 1 aliphatic rings. The van der Waals surface area contributed by atoms with E-state index in [1.54, 1.807) is 0 Å². The predicted molar refractivity (Wildman–Crippen MR) is 51.0 cm³/mol. The van der Waals surface area contributed by atoms with Crippen LogP contribution in [0.3, 0.4) is 0 Å². The van der Waals surface area contributed by atoms with Gasteiger partial charge in [-0.15, -0.1) is 11.3 Å². The first-order valence-electron chi connectivity index (χ1n) is 3.15. The van der Waals surface area contributed by atoms with Gasteiger partial charge < -0.3 is 0 Å². The van der Waals surface area contributed by atoms with E-state index in [9.17, 15) is 4.21 Å². The lowest BCUT2D eigenvalue weighted by Crippen LogP contribution is -2.09. The van der Waals surface area contributed by atoms with Crippen LogP contribution in [0.25, 0.3) is 0 Å². The van der Waals surface area contributed by atoms with Crippen LogP contribution in [-0.2, 0) is 27.6 Å². The number of hydrogen-bond acceptors (Lipinski definition) is 3. The van der Waals surface area contributed by atoms with Crippen molar-refractivity contribution < 1.29 is 8.39 Å². The first-order chi connectivity index (χ1) is 5.68. The first kappa shape index (κ1) is 8.97. The fourth-order valence-electron chi connectivity index (χ4n) is 1.01. The fourth-order valence-corrected chi connectivity index (χ4v) is 3.78. The summed E-state index contributed by atoms with van der Waals surface area (Å²) in [5.41, 5.74) is 1.78. The van der Waals surface area contributed by atoms with Crippen LogP contribution in [0.15, 0.2) is 0 Å². The summed E-state index contributed by atoms with van der Waals surface area (Å²) in [6.45, 7) is 0.310. The summed E-state index contributed by atoms with van der Waals surface area (Å²) in [5, 5.41) is 0. The van der Waals surface area contributed by atoms with Crippen LogP contribution in [0, 0.1) is 0 Å². The van der Waals surface area contributed by atoms with Crippen LogP contribution in [0.4, 0.5) is 0 Å². The van der Waals surface area contributed by atoms with Gasteiger partial charge in [0.2, 0.25) is 0 Å². The monoisotopic (exact) mass is 242 g/mol. The summed E-state index contributed by atoms with van der Waals surface area (Å²) < 4.78 is 17.2. The molecule has 1 atom stereocenters. The van der Waals surface area contributed by atoms with Crippen molar-refractivity contribution in [2.45, 2.75) is 12.4 Å². The molecular formula is C6H4Cl2O2S2.